The van der Waals surface area contributed by atoms with E-state index in [0.29, 0.717) is 12.3 Å². The van der Waals surface area contributed by atoms with Gasteiger partial charge in [-0.25, -0.2) is 0 Å². The van der Waals surface area contributed by atoms with E-state index in [1.54, 1.807) is 7.11 Å². The van der Waals surface area contributed by atoms with Gasteiger partial charge in [-0.2, -0.15) is 0 Å². The molecule has 0 aliphatic carbocycles. The Bertz CT molecular complexity index is 833. The molecular weight excluding hydrogens is 368 g/mol. The lowest BCUT2D eigenvalue weighted by Crippen LogP contribution is -2.45. The second kappa shape index (κ2) is 8.84. The van der Waals surface area contributed by atoms with Crippen molar-refractivity contribution < 1.29 is 14.3 Å². The maximum Gasteiger partial charge on any atom is 0.263 e. The van der Waals surface area contributed by atoms with Gasteiger partial charge in [-0.15, -0.1) is 10.2 Å². The number of piperidine rings is 1. The van der Waals surface area contributed by atoms with Crippen LogP contribution in [0.4, 0.5) is 0 Å². The number of amides is 1. The smallest absolute Gasteiger partial charge is 0.263 e. The summed E-state index contributed by atoms with van der Waals surface area (Å²) >= 11 is 0. The Labute approximate surface area is 172 Å². The van der Waals surface area contributed by atoms with Gasteiger partial charge in [-0.1, -0.05) is 6.42 Å². The lowest BCUT2D eigenvalue weighted by molar-refractivity contribution is -0.139. The van der Waals surface area contributed by atoms with Crippen LogP contribution in [-0.4, -0.2) is 51.9 Å². The van der Waals surface area contributed by atoms with Crippen molar-refractivity contribution in [3.63, 3.8) is 0 Å². The predicted molar refractivity (Wildman–Crippen MR) is 109 cm³/mol. The number of benzene rings is 1. The van der Waals surface area contributed by atoms with Crippen LogP contribution in [0.15, 0.2) is 24.3 Å². The fraction of sp³-hybridized carbons (Fsp3) is 0.591. The van der Waals surface area contributed by atoms with Crippen molar-refractivity contribution in [3.05, 3.63) is 35.9 Å². The first-order valence-corrected chi connectivity index (χ1v) is 10.7. The highest BCUT2D eigenvalue weighted by atomic mass is 16.5. The summed E-state index contributed by atoms with van der Waals surface area (Å²) in [6.07, 6.45) is 6.13. The molecule has 0 spiro atoms. The van der Waals surface area contributed by atoms with Gasteiger partial charge in [0.15, 0.2) is 6.10 Å². The molecule has 0 N–H and O–H groups in total. The zero-order valence-electron chi connectivity index (χ0n) is 17.3. The molecule has 29 heavy (non-hydrogen) atoms. The molecule has 0 saturated carbocycles. The Hall–Kier alpha value is -2.57. The number of aryl methyl sites for hydroxylation is 1. The summed E-state index contributed by atoms with van der Waals surface area (Å²) in [4.78, 5) is 14.9. The van der Waals surface area contributed by atoms with Crippen molar-refractivity contribution in [1.82, 2.24) is 19.7 Å². The lowest BCUT2D eigenvalue weighted by Gasteiger charge is -2.34. The van der Waals surface area contributed by atoms with Crippen LogP contribution in [-0.2, 0) is 17.8 Å². The van der Waals surface area contributed by atoms with E-state index in [1.165, 1.54) is 19.3 Å². The van der Waals surface area contributed by atoms with Gasteiger partial charge in [0.25, 0.3) is 5.91 Å². The van der Waals surface area contributed by atoms with Crippen LogP contribution in [0.25, 0.3) is 0 Å². The Morgan fingerprint density at radius 2 is 1.86 bits per heavy atom. The van der Waals surface area contributed by atoms with Crippen LogP contribution < -0.4 is 9.47 Å². The Kier molecular flexibility index (Phi) is 6.02. The monoisotopic (exact) mass is 398 g/mol. The van der Waals surface area contributed by atoms with Crippen molar-refractivity contribution in [2.45, 2.75) is 64.0 Å². The van der Waals surface area contributed by atoms with E-state index >= 15 is 0 Å². The molecule has 2 aromatic rings. The molecule has 0 bridgehead atoms. The predicted octanol–water partition coefficient (Wildman–Crippen LogP) is 3.19. The van der Waals surface area contributed by atoms with Crippen molar-refractivity contribution in [1.29, 1.82) is 0 Å². The van der Waals surface area contributed by atoms with Gasteiger partial charge >= 0.3 is 0 Å². The van der Waals surface area contributed by atoms with Gasteiger partial charge in [0.05, 0.1) is 7.11 Å². The largest absolute Gasteiger partial charge is 0.497 e. The summed E-state index contributed by atoms with van der Waals surface area (Å²) in [6.45, 7) is 4.28. The molecule has 1 aromatic heterocycles. The van der Waals surface area contributed by atoms with Gasteiger partial charge in [-0.3, -0.25) is 4.79 Å². The summed E-state index contributed by atoms with van der Waals surface area (Å²) in [5.41, 5.74) is 0. The number of nitrogens with zero attached hydrogens (tertiary/aromatic N) is 4. The summed E-state index contributed by atoms with van der Waals surface area (Å²) in [7, 11) is 1.63. The zero-order chi connectivity index (χ0) is 20.2. The molecule has 4 rings (SSSR count). The van der Waals surface area contributed by atoms with E-state index in [4.69, 9.17) is 9.47 Å². The molecule has 156 valence electrons. The van der Waals surface area contributed by atoms with Crippen LogP contribution in [0.2, 0.25) is 0 Å². The SMILES string of the molecule is COc1ccc(OC(C)C(=O)N2CCCC(c3nnc4n3CCCCC4)C2)cc1. The number of hydrogen-bond donors (Lipinski definition) is 0. The summed E-state index contributed by atoms with van der Waals surface area (Å²) in [6, 6.07) is 7.32. The van der Waals surface area contributed by atoms with E-state index in [0.717, 1.165) is 49.8 Å². The van der Waals surface area contributed by atoms with Crippen molar-refractivity contribution in [2.75, 3.05) is 20.2 Å². The average molecular weight is 399 g/mol. The summed E-state index contributed by atoms with van der Waals surface area (Å²) in [5.74, 6) is 3.88. The first-order chi connectivity index (χ1) is 14.2. The van der Waals surface area contributed by atoms with Crippen LogP contribution in [0.1, 0.15) is 56.6 Å². The van der Waals surface area contributed by atoms with E-state index in [-0.39, 0.29) is 11.8 Å². The number of fused-ring (bicyclic) bond motifs is 1. The van der Waals surface area contributed by atoms with Crippen LogP contribution >= 0.6 is 0 Å². The molecule has 0 radical (unpaired) electrons. The topological polar surface area (TPSA) is 69.5 Å². The minimum absolute atomic E-state index is 0.0288. The summed E-state index contributed by atoms with van der Waals surface area (Å²) < 4.78 is 13.4. The molecule has 7 heteroatoms. The van der Waals surface area contributed by atoms with Gasteiger partial charge in [0, 0.05) is 32.0 Å². The van der Waals surface area contributed by atoms with Crippen molar-refractivity contribution in [3.8, 4) is 11.5 Å². The number of methoxy groups -OCH3 is 1. The first-order valence-electron chi connectivity index (χ1n) is 10.7. The normalized spacial score (nSPS) is 20.5. The van der Waals surface area contributed by atoms with E-state index < -0.39 is 6.10 Å². The van der Waals surface area contributed by atoms with Gasteiger partial charge in [0.2, 0.25) is 0 Å². The third-order valence-electron chi connectivity index (χ3n) is 5.96. The fourth-order valence-corrected chi connectivity index (χ4v) is 4.36. The number of likely N-dealkylation sites (tertiary alicyclic amines) is 1. The number of aromatic nitrogens is 3. The molecule has 1 fully saturated rings. The third-order valence-corrected chi connectivity index (χ3v) is 5.96. The van der Waals surface area contributed by atoms with E-state index in [2.05, 4.69) is 14.8 Å². The number of ether oxygens (including phenoxy) is 2. The standard InChI is InChI=1S/C22H30N4O3/c1-16(29-19-11-9-18(28-2)10-12-19)22(27)25-13-6-7-17(15-25)21-24-23-20-8-4-3-5-14-26(20)21/h9-12,16-17H,3-8,13-15H2,1-2H3. The van der Waals surface area contributed by atoms with E-state index in [9.17, 15) is 4.79 Å². The molecule has 2 unspecified atom stereocenters. The number of rotatable bonds is 5. The van der Waals surface area contributed by atoms with Crippen LogP contribution in [0.3, 0.4) is 0 Å². The molecule has 2 aliphatic heterocycles. The molecule has 7 nitrogen and oxygen atoms in total. The molecule has 2 aliphatic rings. The summed E-state index contributed by atoms with van der Waals surface area (Å²) in [5, 5.41) is 8.96. The average Bonchev–Trinajstić information content (AvgIpc) is 3.02. The highest BCUT2D eigenvalue weighted by Crippen LogP contribution is 2.28. The number of carbonyl (C=O) groups excluding carboxylic acids is 1. The van der Waals surface area contributed by atoms with Crippen LogP contribution in [0, 0.1) is 0 Å². The third kappa shape index (κ3) is 4.38. The highest BCUT2D eigenvalue weighted by molar-refractivity contribution is 5.81. The number of hydrogen-bond acceptors (Lipinski definition) is 5. The molecular formula is C22H30N4O3. The van der Waals surface area contributed by atoms with Gasteiger partial charge in [0.1, 0.15) is 23.1 Å². The second-order valence-electron chi connectivity index (χ2n) is 8.00. The van der Waals surface area contributed by atoms with Gasteiger partial charge < -0.3 is 18.9 Å². The Morgan fingerprint density at radius 3 is 2.66 bits per heavy atom. The van der Waals surface area contributed by atoms with Crippen molar-refractivity contribution in [2.24, 2.45) is 0 Å². The maximum atomic E-state index is 13.0. The molecule has 2 atom stereocenters. The van der Waals surface area contributed by atoms with Crippen molar-refractivity contribution >= 4 is 5.91 Å². The Morgan fingerprint density at radius 1 is 1.07 bits per heavy atom. The lowest BCUT2D eigenvalue weighted by atomic mass is 9.96. The Balaban J connectivity index is 1.41. The number of carbonyl (C=O) groups is 1. The van der Waals surface area contributed by atoms with Crippen LogP contribution in [0.5, 0.6) is 11.5 Å². The first kappa shape index (κ1) is 19.7. The minimum atomic E-state index is -0.530. The molecule has 1 aromatic carbocycles. The second-order valence-corrected chi connectivity index (χ2v) is 8.00. The van der Waals surface area contributed by atoms with Gasteiger partial charge in [-0.05, 0) is 56.9 Å². The molecule has 1 saturated heterocycles. The zero-order valence-corrected chi connectivity index (χ0v) is 17.3. The highest BCUT2D eigenvalue weighted by Gasteiger charge is 2.31. The minimum Gasteiger partial charge on any atom is -0.497 e. The quantitative estimate of drug-likeness (QED) is 0.774. The fourth-order valence-electron chi connectivity index (χ4n) is 4.36. The maximum absolute atomic E-state index is 13.0. The molecule has 3 heterocycles. The van der Waals surface area contributed by atoms with E-state index in [1.807, 2.05) is 36.1 Å². The molecule has 1 amide bonds.